The number of hydrogen-bond acceptors (Lipinski definition) is 1. The second kappa shape index (κ2) is 4.46. The summed E-state index contributed by atoms with van der Waals surface area (Å²) in [5, 5.41) is 4.38. The molecule has 1 aliphatic heterocycles. The Balaban J connectivity index is 2.66. The molecule has 1 N–H and O–H groups in total. The van der Waals surface area contributed by atoms with Gasteiger partial charge in [-0.2, -0.15) is 0 Å². The molecule has 0 atom stereocenters. The number of benzene rings is 1. The Hall–Kier alpha value is 0.200. The third-order valence-electron chi connectivity index (χ3n) is 2.70. The van der Waals surface area contributed by atoms with Crippen molar-refractivity contribution >= 4 is 59.1 Å². The van der Waals surface area contributed by atoms with Crippen molar-refractivity contribution in [3.63, 3.8) is 0 Å². The SMILES string of the molecule is CC1(C)Nc2ccc(Br)cc2C(CBr)=C1Br. The first-order valence-corrected chi connectivity index (χ1v) is 7.69. The Labute approximate surface area is 121 Å². The van der Waals surface area contributed by atoms with Crippen molar-refractivity contribution in [2.24, 2.45) is 0 Å². The molecule has 1 heterocycles. The van der Waals surface area contributed by atoms with Gasteiger partial charge >= 0.3 is 0 Å². The predicted molar refractivity (Wildman–Crippen MR) is 81.5 cm³/mol. The molecule has 0 unspecified atom stereocenters. The maximum absolute atomic E-state index is 3.70. The zero-order valence-corrected chi connectivity index (χ0v) is 13.8. The number of allylic oxidation sites excluding steroid dienone is 1. The Kier molecular flexibility index (Phi) is 3.53. The minimum absolute atomic E-state index is 0.0517. The van der Waals surface area contributed by atoms with E-state index < -0.39 is 0 Å². The fourth-order valence-electron chi connectivity index (χ4n) is 1.89. The topological polar surface area (TPSA) is 12.0 Å². The highest BCUT2D eigenvalue weighted by atomic mass is 79.9. The van der Waals surface area contributed by atoms with Crippen LogP contribution >= 0.6 is 47.8 Å². The molecule has 1 aromatic carbocycles. The van der Waals surface area contributed by atoms with Gasteiger partial charge in [0.15, 0.2) is 0 Å². The van der Waals surface area contributed by atoms with E-state index in [1.807, 2.05) is 0 Å². The molecule has 4 heteroatoms. The van der Waals surface area contributed by atoms with Gasteiger partial charge in [0, 0.05) is 25.5 Å². The minimum Gasteiger partial charge on any atom is -0.375 e. The lowest BCUT2D eigenvalue weighted by atomic mass is 9.91. The average molecular weight is 410 g/mol. The number of halogens is 3. The summed E-state index contributed by atoms with van der Waals surface area (Å²) in [7, 11) is 0. The first-order chi connectivity index (χ1) is 7.45. The molecule has 0 bridgehead atoms. The molecule has 16 heavy (non-hydrogen) atoms. The standard InChI is InChI=1S/C12H12Br3N/c1-12(2)11(15)9(6-13)8-5-7(14)3-4-10(8)16-12/h3-5,16H,6H2,1-2H3. The van der Waals surface area contributed by atoms with Gasteiger partial charge in [0.2, 0.25) is 0 Å². The monoisotopic (exact) mass is 407 g/mol. The predicted octanol–water partition coefficient (Wildman–Crippen LogP) is 5.15. The van der Waals surface area contributed by atoms with Crippen molar-refractivity contribution in [2.45, 2.75) is 19.4 Å². The molecule has 0 radical (unpaired) electrons. The van der Waals surface area contributed by atoms with Crippen LogP contribution < -0.4 is 5.32 Å². The van der Waals surface area contributed by atoms with Crippen LogP contribution in [-0.2, 0) is 0 Å². The van der Waals surface area contributed by atoms with Gasteiger partial charge in [-0.3, -0.25) is 0 Å². The minimum atomic E-state index is -0.0517. The van der Waals surface area contributed by atoms with Crippen LogP contribution in [0.4, 0.5) is 5.69 Å². The molecule has 86 valence electrons. The molecule has 0 saturated heterocycles. The summed E-state index contributed by atoms with van der Waals surface area (Å²) in [6.07, 6.45) is 0. The number of rotatable bonds is 1. The van der Waals surface area contributed by atoms with Crippen LogP contribution in [0.25, 0.3) is 5.57 Å². The van der Waals surface area contributed by atoms with Gasteiger partial charge in [0.25, 0.3) is 0 Å². The lowest BCUT2D eigenvalue weighted by Gasteiger charge is -2.35. The molecule has 1 nitrogen and oxygen atoms in total. The van der Waals surface area contributed by atoms with E-state index in [-0.39, 0.29) is 5.54 Å². The van der Waals surface area contributed by atoms with E-state index in [1.165, 1.54) is 21.3 Å². The summed E-state index contributed by atoms with van der Waals surface area (Å²) in [5.41, 5.74) is 3.69. The molecular formula is C12H12Br3N. The highest BCUT2D eigenvalue weighted by molar-refractivity contribution is 9.12. The Morgan fingerprint density at radius 3 is 2.56 bits per heavy atom. The molecular weight excluding hydrogens is 398 g/mol. The zero-order chi connectivity index (χ0) is 11.9. The second-order valence-corrected chi connectivity index (χ2v) is 6.64. The van der Waals surface area contributed by atoms with Crippen molar-refractivity contribution in [1.82, 2.24) is 0 Å². The Bertz CT molecular complexity index is 463. The van der Waals surface area contributed by atoms with Gasteiger partial charge in [-0.05, 0) is 37.6 Å². The molecule has 0 aromatic heterocycles. The van der Waals surface area contributed by atoms with Gasteiger partial charge in [0.05, 0.1) is 5.54 Å². The van der Waals surface area contributed by atoms with E-state index in [2.05, 4.69) is 85.2 Å². The Morgan fingerprint density at radius 1 is 1.25 bits per heavy atom. The fraction of sp³-hybridized carbons (Fsp3) is 0.333. The van der Waals surface area contributed by atoms with E-state index in [0.717, 1.165) is 9.80 Å². The molecule has 0 fully saturated rings. The van der Waals surface area contributed by atoms with E-state index in [1.54, 1.807) is 0 Å². The zero-order valence-electron chi connectivity index (χ0n) is 9.07. The fourth-order valence-corrected chi connectivity index (χ4v) is 3.67. The van der Waals surface area contributed by atoms with E-state index in [0.29, 0.717) is 0 Å². The van der Waals surface area contributed by atoms with Crippen molar-refractivity contribution in [3.05, 3.63) is 32.7 Å². The summed E-state index contributed by atoms with van der Waals surface area (Å²) < 4.78 is 2.31. The summed E-state index contributed by atoms with van der Waals surface area (Å²) in [6.45, 7) is 4.34. The largest absolute Gasteiger partial charge is 0.375 e. The highest BCUT2D eigenvalue weighted by Gasteiger charge is 2.30. The third-order valence-corrected chi connectivity index (χ3v) is 5.23. The van der Waals surface area contributed by atoms with E-state index >= 15 is 0 Å². The van der Waals surface area contributed by atoms with Crippen LogP contribution in [0.5, 0.6) is 0 Å². The number of hydrogen-bond donors (Lipinski definition) is 1. The van der Waals surface area contributed by atoms with Crippen molar-refractivity contribution in [3.8, 4) is 0 Å². The van der Waals surface area contributed by atoms with Gasteiger partial charge in [-0.25, -0.2) is 0 Å². The van der Waals surface area contributed by atoms with Gasteiger partial charge < -0.3 is 5.32 Å². The number of fused-ring (bicyclic) bond motifs is 1. The second-order valence-electron chi connectivity index (χ2n) is 4.37. The van der Waals surface area contributed by atoms with Gasteiger partial charge in [0.1, 0.15) is 0 Å². The Morgan fingerprint density at radius 2 is 1.94 bits per heavy atom. The first-order valence-electron chi connectivity index (χ1n) is 4.99. The maximum atomic E-state index is 3.70. The number of alkyl halides is 1. The number of nitrogens with one attached hydrogen (secondary N) is 1. The summed E-state index contributed by atoms with van der Waals surface area (Å²) >= 11 is 10.8. The van der Waals surface area contributed by atoms with Crippen LogP contribution in [0.3, 0.4) is 0 Å². The lowest BCUT2D eigenvalue weighted by molar-refractivity contribution is 0.698. The van der Waals surface area contributed by atoms with Crippen LogP contribution in [0.15, 0.2) is 27.2 Å². The quantitative estimate of drug-likeness (QED) is 0.632. The third kappa shape index (κ3) is 2.12. The van der Waals surface area contributed by atoms with Crippen molar-refractivity contribution in [1.29, 1.82) is 0 Å². The number of anilines is 1. The normalized spacial score (nSPS) is 18.1. The smallest absolute Gasteiger partial charge is 0.0637 e. The van der Waals surface area contributed by atoms with Gasteiger partial charge in [-0.1, -0.05) is 47.8 Å². The molecule has 0 aliphatic carbocycles. The van der Waals surface area contributed by atoms with Crippen molar-refractivity contribution < 1.29 is 0 Å². The van der Waals surface area contributed by atoms with Crippen LogP contribution in [0.1, 0.15) is 19.4 Å². The summed E-state index contributed by atoms with van der Waals surface area (Å²) in [6, 6.07) is 6.33. The average Bonchev–Trinajstić information content (AvgIpc) is 2.21. The van der Waals surface area contributed by atoms with Crippen LogP contribution in [0, 0.1) is 0 Å². The van der Waals surface area contributed by atoms with E-state index in [9.17, 15) is 0 Å². The van der Waals surface area contributed by atoms with Crippen LogP contribution in [-0.4, -0.2) is 10.9 Å². The summed E-state index contributed by atoms with van der Waals surface area (Å²) in [4.78, 5) is 0. The molecule has 2 rings (SSSR count). The highest BCUT2D eigenvalue weighted by Crippen LogP contribution is 2.43. The molecule has 1 aliphatic rings. The van der Waals surface area contributed by atoms with Gasteiger partial charge in [-0.15, -0.1) is 0 Å². The van der Waals surface area contributed by atoms with E-state index in [4.69, 9.17) is 0 Å². The van der Waals surface area contributed by atoms with Crippen LogP contribution in [0.2, 0.25) is 0 Å². The molecule has 0 saturated carbocycles. The molecule has 0 spiro atoms. The maximum Gasteiger partial charge on any atom is 0.0637 e. The summed E-state index contributed by atoms with van der Waals surface area (Å²) in [5.74, 6) is 0. The first kappa shape index (κ1) is 12.7. The lowest BCUT2D eigenvalue weighted by Crippen LogP contribution is -2.35. The molecule has 1 aromatic rings. The van der Waals surface area contributed by atoms with Crippen molar-refractivity contribution in [2.75, 3.05) is 10.6 Å². The molecule has 0 amide bonds.